The highest BCUT2D eigenvalue weighted by Crippen LogP contribution is 2.20. The minimum atomic E-state index is -0.145. The maximum Gasteiger partial charge on any atom is 0.255 e. The van der Waals surface area contributed by atoms with Gasteiger partial charge in [0.1, 0.15) is 5.75 Å². The van der Waals surface area contributed by atoms with Crippen LogP contribution in [-0.2, 0) is 0 Å². The van der Waals surface area contributed by atoms with Gasteiger partial charge < -0.3 is 10.1 Å². The fourth-order valence-electron chi connectivity index (χ4n) is 2.23. The van der Waals surface area contributed by atoms with Gasteiger partial charge in [-0.25, -0.2) is 0 Å². The molecule has 1 aromatic heterocycles. The normalized spacial score (nSPS) is 10.1. The first-order chi connectivity index (χ1) is 11.3. The van der Waals surface area contributed by atoms with Gasteiger partial charge in [0, 0.05) is 23.6 Å². The molecule has 0 aliphatic rings. The monoisotopic (exact) mass is 304 g/mol. The van der Waals surface area contributed by atoms with E-state index in [1.807, 2.05) is 24.3 Å². The van der Waals surface area contributed by atoms with Crippen molar-refractivity contribution < 1.29 is 9.53 Å². The number of rotatable bonds is 4. The molecule has 0 aliphatic heterocycles. The third-order valence-electron chi connectivity index (χ3n) is 3.49. The fourth-order valence-corrected chi connectivity index (χ4v) is 2.23. The molecule has 114 valence electrons. The van der Waals surface area contributed by atoms with Crippen LogP contribution in [0.3, 0.4) is 0 Å². The van der Waals surface area contributed by atoms with E-state index >= 15 is 0 Å². The van der Waals surface area contributed by atoms with E-state index in [2.05, 4.69) is 10.3 Å². The van der Waals surface area contributed by atoms with E-state index in [4.69, 9.17) is 4.74 Å². The van der Waals surface area contributed by atoms with Gasteiger partial charge in [-0.2, -0.15) is 0 Å². The van der Waals surface area contributed by atoms with E-state index in [9.17, 15) is 4.79 Å². The van der Waals surface area contributed by atoms with Crippen molar-refractivity contribution in [2.24, 2.45) is 0 Å². The van der Waals surface area contributed by atoms with Gasteiger partial charge in [0.15, 0.2) is 0 Å². The minimum absolute atomic E-state index is 0.145. The minimum Gasteiger partial charge on any atom is -0.497 e. The van der Waals surface area contributed by atoms with Crippen molar-refractivity contribution >= 4 is 11.6 Å². The lowest BCUT2D eigenvalue weighted by atomic mass is 10.1. The average Bonchev–Trinajstić information content (AvgIpc) is 2.63. The maximum atomic E-state index is 12.3. The summed E-state index contributed by atoms with van der Waals surface area (Å²) in [4.78, 5) is 16.4. The number of amides is 1. The first-order valence-corrected chi connectivity index (χ1v) is 7.22. The Morgan fingerprint density at radius 2 is 1.70 bits per heavy atom. The molecule has 0 aliphatic carbocycles. The number of anilines is 1. The molecule has 0 saturated carbocycles. The fraction of sp³-hybridized carbons (Fsp3) is 0.0526. The van der Waals surface area contributed by atoms with Crippen molar-refractivity contribution in [2.45, 2.75) is 0 Å². The summed E-state index contributed by atoms with van der Waals surface area (Å²) in [6.07, 6.45) is 3.53. The molecule has 0 unspecified atom stereocenters. The molecule has 0 radical (unpaired) electrons. The Bertz CT molecular complexity index is 782. The average molecular weight is 304 g/mol. The van der Waals surface area contributed by atoms with E-state index in [1.54, 1.807) is 55.9 Å². The third-order valence-corrected chi connectivity index (χ3v) is 3.49. The largest absolute Gasteiger partial charge is 0.497 e. The summed E-state index contributed by atoms with van der Waals surface area (Å²) in [5, 5.41) is 2.86. The summed E-state index contributed by atoms with van der Waals surface area (Å²) in [6.45, 7) is 0. The van der Waals surface area contributed by atoms with Gasteiger partial charge in [-0.3, -0.25) is 9.78 Å². The molecule has 0 fully saturated rings. The lowest BCUT2D eigenvalue weighted by molar-refractivity contribution is 0.102. The van der Waals surface area contributed by atoms with Crippen molar-refractivity contribution in [3.8, 4) is 16.9 Å². The van der Waals surface area contributed by atoms with Crippen molar-refractivity contribution in [2.75, 3.05) is 12.4 Å². The van der Waals surface area contributed by atoms with Crippen LogP contribution in [0.1, 0.15) is 10.4 Å². The molecule has 1 amide bonds. The van der Waals surface area contributed by atoms with E-state index in [1.165, 1.54) is 0 Å². The number of carbonyl (C=O) groups is 1. The molecular weight excluding hydrogens is 288 g/mol. The summed E-state index contributed by atoms with van der Waals surface area (Å²) < 4.78 is 5.10. The lowest BCUT2D eigenvalue weighted by Crippen LogP contribution is -2.11. The Balaban J connectivity index is 1.72. The van der Waals surface area contributed by atoms with Crippen molar-refractivity contribution in [1.29, 1.82) is 0 Å². The summed E-state index contributed by atoms with van der Waals surface area (Å²) in [7, 11) is 1.61. The van der Waals surface area contributed by atoms with E-state index in [-0.39, 0.29) is 5.91 Å². The van der Waals surface area contributed by atoms with Gasteiger partial charge in [0.25, 0.3) is 5.91 Å². The van der Waals surface area contributed by atoms with Gasteiger partial charge in [0.05, 0.1) is 7.11 Å². The second kappa shape index (κ2) is 6.75. The highest BCUT2D eigenvalue weighted by molar-refractivity contribution is 6.04. The number of nitrogens with zero attached hydrogens (tertiary/aromatic N) is 1. The molecule has 23 heavy (non-hydrogen) atoms. The molecule has 3 aromatic rings. The van der Waals surface area contributed by atoms with Crippen LogP contribution >= 0.6 is 0 Å². The predicted octanol–water partition coefficient (Wildman–Crippen LogP) is 4.01. The van der Waals surface area contributed by atoms with Crippen LogP contribution in [0.15, 0.2) is 73.1 Å². The van der Waals surface area contributed by atoms with Gasteiger partial charge in [-0.05, 0) is 53.6 Å². The second-order valence-electron chi connectivity index (χ2n) is 5.00. The number of hydrogen-bond acceptors (Lipinski definition) is 3. The predicted molar refractivity (Wildman–Crippen MR) is 90.6 cm³/mol. The van der Waals surface area contributed by atoms with Crippen molar-refractivity contribution in [1.82, 2.24) is 4.98 Å². The Morgan fingerprint density at radius 1 is 0.957 bits per heavy atom. The molecule has 1 N–H and O–H groups in total. The zero-order valence-electron chi connectivity index (χ0n) is 12.7. The van der Waals surface area contributed by atoms with Crippen LogP contribution < -0.4 is 10.1 Å². The van der Waals surface area contributed by atoms with Gasteiger partial charge in [-0.15, -0.1) is 0 Å². The molecule has 3 rings (SSSR count). The van der Waals surface area contributed by atoms with Crippen LogP contribution in [-0.4, -0.2) is 18.0 Å². The van der Waals surface area contributed by atoms with E-state index in [0.29, 0.717) is 5.56 Å². The summed E-state index contributed by atoms with van der Waals surface area (Å²) in [5.41, 5.74) is 3.38. The number of ether oxygens (including phenoxy) is 1. The van der Waals surface area contributed by atoms with E-state index in [0.717, 1.165) is 22.6 Å². The standard InChI is InChI=1S/C19H16N2O2/c1-23-18-10-8-17(9-11-18)21-19(22)15-6-4-14(5-7-15)16-3-2-12-20-13-16/h2-13H,1H3,(H,21,22). The van der Waals surface area contributed by atoms with Crippen LogP contribution in [0.25, 0.3) is 11.1 Å². The molecule has 4 heteroatoms. The SMILES string of the molecule is COc1ccc(NC(=O)c2ccc(-c3cccnc3)cc2)cc1. The van der Waals surface area contributed by atoms with Crippen LogP contribution in [0.4, 0.5) is 5.69 Å². The first kappa shape index (κ1) is 14.8. The number of methoxy groups -OCH3 is 1. The number of carbonyl (C=O) groups excluding carboxylic acids is 1. The van der Waals surface area contributed by atoms with Crippen molar-refractivity contribution in [3.05, 3.63) is 78.6 Å². The lowest BCUT2D eigenvalue weighted by Gasteiger charge is -2.07. The zero-order valence-corrected chi connectivity index (χ0v) is 12.7. The van der Waals surface area contributed by atoms with Crippen LogP contribution in [0.5, 0.6) is 5.75 Å². The molecule has 1 heterocycles. The molecule has 0 bridgehead atoms. The van der Waals surface area contributed by atoms with Crippen LogP contribution in [0, 0.1) is 0 Å². The maximum absolute atomic E-state index is 12.3. The number of hydrogen-bond donors (Lipinski definition) is 1. The van der Waals surface area contributed by atoms with Gasteiger partial charge >= 0.3 is 0 Å². The van der Waals surface area contributed by atoms with E-state index < -0.39 is 0 Å². The Hall–Kier alpha value is -3.14. The number of benzene rings is 2. The summed E-state index contributed by atoms with van der Waals surface area (Å²) in [5.74, 6) is 0.608. The highest BCUT2D eigenvalue weighted by atomic mass is 16.5. The van der Waals surface area contributed by atoms with Crippen molar-refractivity contribution in [3.63, 3.8) is 0 Å². The molecule has 4 nitrogen and oxygen atoms in total. The first-order valence-electron chi connectivity index (χ1n) is 7.22. The zero-order chi connectivity index (χ0) is 16.1. The third kappa shape index (κ3) is 3.55. The second-order valence-corrected chi connectivity index (χ2v) is 5.00. The Kier molecular flexibility index (Phi) is 4.34. The summed E-state index contributed by atoms with van der Waals surface area (Å²) >= 11 is 0. The molecule has 0 atom stereocenters. The van der Waals surface area contributed by atoms with Crippen LogP contribution in [0.2, 0.25) is 0 Å². The molecule has 0 spiro atoms. The van der Waals surface area contributed by atoms with Gasteiger partial charge in [-0.1, -0.05) is 18.2 Å². The molecule has 2 aromatic carbocycles. The van der Waals surface area contributed by atoms with Gasteiger partial charge in [0.2, 0.25) is 0 Å². The Morgan fingerprint density at radius 3 is 2.30 bits per heavy atom. The molecular formula is C19H16N2O2. The summed E-state index contributed by atoms with van der Waals surface area (Å²) in [6, 6.07) is 18.5. The quantitative estimate of drug-likeness (QED) is 0.792. The number of pyridine rings is 1. The molecule has 0 saturated heterocycles. The Labute approximate surface area is 134 Å². The smallest absolute Gasteiger partial charge is 0.255 e. The highest BCUT2D eigenvalue weighted by Gasteiger charge is 2.07. The topological polar surface area (TPSA) is 51.2 Å². The number of aromatic nitrogens is 1. The number of nitrogens with one attached hydrogen (secondary N) is 1.